The highest BCUT2D eigenvalue weighted by Gasteiger charge is 2.20. The van der Waals surface area contributed by atoms with Crippen LogP contribution in [0.1, 0.15) is 12.8 Å². The molecule has 0 spiro atoms. The van der Waals surface area contributed by atoms with Crippen molar-refractivity contribution < 1.29 is 9.53 Å². The smallest absolute Gasteiger partial charge is 0.225 e. The zero-order chi connectivity index (χ0) is 10.2. The fourth-order valence-electron chi connectivity index (χ4n) is 1.43. The first-order valence-corrected chi connectivity index (χ1v) is 5.05. The van der Waals surface area contributed by atoms with Crippen molar-refractivity contribution in [2.45, 2.75) is 12.8 Å². The molecule has 0 aromatic carbocycles. The number of hydrogen-bond acceptors (Lipinski definition) is 3. The summed E-state index contributed by atoms with van der Waals surface area (Å²) in [6, 6.07) is 0. The van der Waals surface area contributed by atoms with Gasteiger partial charge in [0.2, 0.25) is 5.91 Å². The molecule has 1 heterocycles. The van der Waals surface area contributed by atoms with Gasteiger partial charge in [0.05, 0.1) is 12.5 Å². The van der Waals surface area contributed by atoms with E-state index in [0.717, 1.165) is 19.4 Å². The lowest BCUT2D eigenvalue weighted by molar-refractivity contribution is -0.128. The van der Waals surface area contributed by atoms with Gasteiger partial charge in [-0.2, -0.15) is 0 Å². The van der Waals surface area contributed by atoms with Crippen LogP contribution in [0.5, 0.6) is 0 Å². The van der Waals surface area contributed by atoms with E-state index >= 15 is 0 Å². The average Bonchev–Trinajstić information content (AvgIpc) is 2.25. The van der Waals surface area contributed by atoms with Crippen LogP contribution < -0.4 is 11.1 Å². The number of rotatable bonds is 4. The third-order valence-corrected chi connectivity index (χ3v) is 2.23. The molecule has 0 aliphatic carbocycles. The fourth-order valence-corrected chi connectivity index (χ4v) is 1.43. The molecule has 1 unspecified atom stereocenters. The number of nitrogens with two attached hydrogens (primary N) is 1. The largest absolute Gasteiger partial charge is 0.381 e. The summed E-state index contributed by atoms with van der Waals surface area (Å²) in [6.07, 6.45) is 5.61. The number of carbonyl (C=O) groups is 1. The van der Waals surface area contributed by atoms with Gasteiger partial charge in [-0.15, -0.1) is 0 Å². The van der Waals surface area contributed by atoms with Crippen molar-refractivity contribution in [1.29, 1.82) is 0 Å². The van der Waals surface area contributed by atoms with E-state index in [1.807, 2.05) is 12.2 Å². The minimum Gasteiger partial charge on any atom is -0.381 e. The molecule has 1 fully saturated rings. The molecule has 1 aliphatic heterocycles. The van der Waals surface area contributed by atoms with E-state index in [2.05, 4.69) is 5.32 Å². The first-order valence-electron chi connectivity index (χ1n) is 5.05. The maximum atomic E-state index is 11.5. The standard InChI is InChI=1S/C10H18N2O2/c11-5-1-2-6-12-10(13)9-4-3-7-14-8-9/h1-2,9H,3-8,11H2,(H,12,13)/b2-1+. The molecule has 0 aromatic heterocycles. The van der Waals surface area contributed by atoms with Gasteiger partial charge in [0.25, 0.3) is 0 Å². The van der Waals surface area contributed by atoms with E-state index < -0.39 is 0 Å². The first kappa shape index (κ1) is 11.2. The number of hydrogen-bond donors (Lipinski definition) is 2. The topological polar surface area (TPSA) is 64.3 Å². The quantitative estimate of drug-likeness (QED) is 0.627. The van der Waals surface area contributed by atoms with Crippen LogP contribution in [0.25, 0.3) is 0 Å². The van der Waals surface area contributed by atoms with Crippen molar-refractivity contribution in [3.63, 3.8) is 0 Å². The maximum absolute atomic E-state index is 11.5. The predicted octanol–water partition coefficient (Wildman–Crippen LogP) is 0.0441. The van der Waals surface area contributed by atoms with Crippen molar-refractivity contribution in [3.05, 3.63) is 12.2 Å². The van der Waals surface area contributed by atoms with Crippen LogP contribution in [-0.2, 0) is 9.53 Å². The normalized spacial score (nSPS) is 22.5. The van der Waals surface area contributed by atoms with Gasteiger partial charge in [0.15, 0.2) is 0 Å². The van der Waals surface area contributed by atoms with Crippen LogP contribution in [0.2, 0.25) is 0 Å². The Balaban J connectivity index is 2.16. The van der Waals surface area contributed by atoms with Crippen LogP contribution in [0.4, 0.5) is 0 Å². The van der Waals surface area contributed by atoms with Crippen LogP contribution in [0, 0.1) is 5.92 Å². The highest BCUT2D eigenvalue weighted by Crippen LogP contribution is 2.12. The molecular weight excluding hydrogens is 180 g/mol. The zero-order valence-electron chi connectivity index (χ0n) is 8.37. The summed E-state index contributed by atoms with van der Waals surface area (Å²) in [5.41, 5.74) is 5.27. The molecule has 1 aliphatic rings. The van der Waals surface area contributed by atoms with Crippen LogP contribution in [0.3, 0.4) is 0 Å². The molecule has 0 bridgehead atoms. The summed E-state index contributed by atoms with van der Waals surface area (Å²) >= 11 is 0. The second kappa shape index (κ2) is 6.56. The third kappa shape index (κ3) is 3.89. The van der Waals surface area contributed by atoms with Gasteiger partial charge in [-0.25, -0.2) is 0 Å². The minimum atomic E-state index is 0.0371. The summed E-state index contributed by atoms with van der Waals surface area (Å²) in [7, 11) is 0. The van der Waals surface area contributed by atoms with E-state index in [0.29, 0.717) is 19.7 Å². The molecule has 0 aromatic rings. The Morgan fingerprint density at radius 1 is 1.57 bits per heavy atom. The Bertz CT molecular complexity index is 198. The van der Waals surface area contributed by atoms with Crippen molar-refractivity contribution in [1.82, 2.24) is 5.32 Å². The van der Waals surface area contributed by atoms with Gasteiger partial charge in [-0.3, -0.25) is 4.79 Å². The summed E-state index contributed by atoms with van der Waals surface area (Å²) in [5, 5.41) is 2.83. The van der Waals surface area contributed by atoms with E-state index in [4.69, 9.17) is 10.5 Å². The van der Waals surface area contributed by atoms with Crippen LogP contribution >= 0.6 is 0 Å². The van der Waals surface area contributed by atoms with Crippen molar-refractivity contribution in [3.8, 4) is 0 Å². The van der Waals surface area contributed by atoms with Gasteiger partial charge in [-0.05, 0) is 12.8 Å². The van der Waals surface area contributed by atoms with Gasteiger partial charge in [0, 0.05) is 19.7 Å². The third-order valence-electron chi connectivity index (χ3n) is 2.23. The van der Waals surface area contributed by atoms with E-state index in [-0.39, 0.29) is 11.8 Å². The Labute approximate surface area is 84.5 Å². The monoisotopic (exact) mass is 198 g/mol. The first-order chi connectivity index (χ1) is 6.84. The lowest BCUT2D eigenvalue weighted by atomic mass is 10.0. The average molecular weight is 198 g/mol. The van der Waals surface area contributed by atoms with Crippen molar-refractivity contribution >= 4 is 5.91 Å². The van der Waals surface area contributed by atoms with Crippen LogP contribution in [0.15, 0.2) is 12.2 Å². The van der Waals surface area contributed by atoms with Gasteiger partial charge in [0.1, 0.15) is 0 Å². The Morgan fingerprint density at radius 2 is 2.43 bits per heavy atom. The lowest BCUT2D eigenvalue weighted by Gasteiger charge is -2.20. The molecule has 1 atom stereocenters. The fraction of sp³-hybridized carbons (Fsp3) is 0.700. The number of nitrogens with one attached hydrogen (secondary N) is 1. The minimum absolute atomic E-state index is 0.0371. The van der Waals surface area contributed by atoms with Crippen molar-refractivity contribution in [2.75, 3.05) is 26.3 Å². The number of amides is 1. The van der Waals surface area contributed by atoms with Gasteiger partial charge in [-0.1, -0.05) is 12.2 Å². The summed E-state index contributed by atoms with van der Waals surface area (Å²) in [6.45, 7) is 2.43. The van der Waals surface area contributed by atoms with Crippen LogP contribution in [-0.4, -0.2) is 32.2 Å². The molecule has 1 rings (SSSR count). The Hall–Kier alpha value is -0.870. The predicted molar refractivity (Wildman–Crippen MR) is 54.7 cm³/mol. The molecule has 4 heteroatoms. The number of ether oxygens (including phenoxy) is 1. The summed E-state index contributed by atoms with van der Waals surface area (Å²) in [5.74, 6) is 0.126. The number of carbonyl (C=O) groups excluding carboxylic acids is 1. The SMILES string of the molecule is NC/C=C/CNC(=O)C1CCCOC1. The van der Waals surface area contributed by atoms with E-state index in [1.165, 1.54) is 0 Å². The summed E-state index contributed by atoms with van der Waals surface area (Å²) < 4.78 is 5.23. The molecule has 80 valence electrons. The Morgan fingerprint density at radius 3 is 3.07 bits per heavy atom. The molecular formula is C10H18N2O2. The molecule has 0 radical (unpaired) electrons. The lowest BCUT2D eigenvalue weighted by Crippen LogP contribution is -2.35. The van der Waals surface area contributed by atoms with E-state index in [1.54, 1.807) is 0 Å². The van der Waals surface area contributed by atoms with E-state index in [9.17, 15) is 4.79 Å². The molecule has 1 amide bonds. The van der Waals surface area contributed by atoms with Gasteiger partial charge < -0.3 is 15.8 Å². The molecule has 1 saturated heterocycles. The molecule has 0 saturated carbocycles. The Kier molecular flexibility index (Phi) is 5.25. The zero-order valence-corrected chi connectivity index (χ0v) is 8.37. The molecule has 14 heavy (non-hydrogen) atoms. The second-order valence-electron chi connectivity index (χ2n) is 3.37. The maximum Gasteiger partial charge on any atom is 0.225 e. The highest BCUT2D eigenvalue weighted by molar-refractivity contribution is 5.78. The van der Waals surface area contributed by atoms with Crippen molar-refractivity contribution in [2.24, 2.45) is 11.7 Å². The molecule has 3 N–H and O–H groups in total. The molecule has 4 nitrogen and oxygen atoms in total. The highest BCUT2D eigenvalue weighted by atomic mass is 16.5. The van der Waals surface area contributed by atoms with Gasteiger partial charge >= 0.3 is 0 Å². The summed E-state index contributed by atoms with van der Waals surface area (Å²) in [4.78, 5) is 11.5. The second-order valence-corrected chi connectivity index (χ2v) is 3.37.